The van der Waals surface area contributed by atoms with Crippen LogP contribution in [-0.2, 0) is 6.18 Å². The van der Waals surface area contributed by atoms with Crippen molar-refractivity contribution in [1.82, 2.24) is 0 Å². The van der Waals surface area contributed by atoms with E-state index in [0.717, 1.165) is 6.07 Å². The molecule has 0 bridgehead atoms. The summed E-state index contributed by atoms with van der Waals surface area (Å²) >= 11 is 0. The monoisotopic (exact) mass is 247 g/mol. The minimum absolute atomic E-state index is 0.137. The molecule has 0 aliphatic carbocycles. The van der Waals surface area contributed by atoms with E-state index < -0.39 is 23.2 Å². The lowest BCUT2D eigenvalue weighted by molar-refractivity contribution is -0.137. The molecule has 0 aliphatic heterocycles. The maximum atomic E-state index is 12.6. The van der Waals surface area contributed by atoms with Gasteiger partial charge in [-0.25, -0.2) is 0 Å². The van der Waals surface area contributed by atoms with Crippen LogP contribution in [0.3, 0.4) is 0 Å². The molecular weight excluding hydrogens is 239 g/mol. The third-order valence-corrected chi connectivity index (χ3v) is 2.07. The summed E-state index contributed by atoms with van der Waals surface area (Å²) in [6, 6.07) is 1.33. The fourth-order valence-corrected chi connectivity index (χ4v) is 1.30. The van der Waals surface area contributed by atoms with E-state index in [1.54, 1.807) is 0 Å². The van der Waals surface area contributed by atoms with Gasteiger partial charge in [0.05, 0.1) is 23.8 Å². The third kappa shape index (κ3) is 2.55. The molecule has 0 atom stereocenters. The fraction of sp³-hybridized carbons (Fsp3) is 0.200. The van der Waals surface area contributed by atoms with Gasteiger partial charge in [0, 0.05) is 0 Å². The van der Waals surface area contributed by atoms with Crippen molar-refractivity contribution in [2.24, 2.45) is 5.73 Å². The first-order chi connectivity index (χ1) is 7.81. The molecule has 92 valence electrons. The van der Waals surface area contributed by atoms with E-state index >= 15 is 0 Å². The molecule has 1 rings (SSSR count). The highest BCUT2D eigenvalue weighted by Gasteiger charge is 2.36. The van der Waals surface area contributed by atoms with E-state index in [0.29, 0.717) is 6.07 Å². The Morgan fingerprint density at radius 3 is 2.35 bits per heavy atom. The molecule has 0 saturated heterocycles. The number of carbonyl (C=O) groups excluding carboxylic acids is 2. The molecule has 0 radical (unpaired) electrons. The smallest absolute Gasteiger partial charge is 0.417 e. The number of benzene rings is 1. The normalized spacial score (nSPS) is 11.1. The number of hydrogen-bond acceptors (Lipinski definition) is 3. The van der Waals surface area contributed by atoms with Gasteiger partial charge in [0.1, 0.15) is 5.75 Å². The van der Waals surface area contributed by atoms with Crippen LogP contribution in [-0.4, -0.2) is 19.3 Å². The van der Waals surface area contributed by atoms with Crippen molar-refractivity contribution in [2.75, 3.05) is 7.11 Å². The maximum Gasteiger partial charge on any atom is 0.417 e. The summed E-state index contributed by atoms with van der Waals surface area (Å²) in [6.45, 7) is 0. The van der Waals surface area contributed by atoms with Crippen LogP contribution in [0.2, 0.25) is 0 Å². The first-order valence-corrected chi connectivity index (χ1v) is 4.35. The second-order valence-corrected chi connectivity index (χ2v) is 3.12. The Kier molecular flexibility index (Phi) is 3.40. The zero-order valence-corrected chi connectivity index (χ0v) is 8.67. The molecule has 0 spiro atoms. The average Bonchev–Trinajstić information content (AvgIpc) is 2.25. The first-order valence-electron chi connectivity index (χ1n) is 4.35. The molecule has 2 N–H and O–H groups in total. The molecule has 0 saturated carbocycles. The van der Waals surface area contributed by atoms with Gasteiger partial charge < -0.3 is 10.5 Å². The zero-order chi connectivity index (χ0) is 13.2. The quantitative estimate of drug-likeness (QED) is 0.825. The van der Waals surface area contributed by atoms with Gasteiger partial charge in [-0.15, -0.1) is 0 Å². The van der Waals surface area contributed by atoms with Crippen molar-refractivity contribution < 1.29 is 27.5 Å². The van der Waals surface area contributed by atoms with E-state index in [4.69, 9.17) is 5.73 Å². The molecule has 0 heterocycles. The molecule has 0 aromatic heterocycles. The zero-order valence-electron chi connectivity index (χ0n) is 8.67. The molecule has 17 heavy (non-hydrogen) atoms. The molecule has 4 nitrogen and oxygen atoms in total. The highest BCUT2D eigenvalue weighted by atomic mass is 19.4. The second kappa shape index (κ2) is 4.44. The van der Waals surface area contributed by atoms with E-state index in [1.165, 1.54) is 7.11 Å². The third-order valence-electron chi connectivity index (χ3n) is 2.07. The van der Waals surface area contributed by atoms with Crippen LogP contribution in [0.1, 0.15) is 26.3 Å². The Hall–Kier alpha value is -2.05. The largest absolute Gasteiger partial charge is 0.496 e. The van der Waals surface area contributed by atoms with Crippen LogP contribution in [0.25, 0.3) is 0 Å². The lowest BCUT2D eigenvalue weighted by atomic mass is 10.0. The summed E-state index contributed by atoms with van der Waals surface area (Å²) in [5.74, 6) is -1.38. The molecule has 1 amide bonds. The number of carbonyl (C=O) groups is 2. The Morgan fingerprint density at radius 2 is 2.00 bits per heavy atom. The average molecular weight is 247 g/mol. The molecule has 0 fully saturated rings. The SMILES string of the molecule is COc1cc(C(N)=O)c(C(F)(F)F)cc1C=O. The molecule has 1 aromatic carbocycles. The molecular formula is C10H8F3NO3. The van der Waals surface area contributed by atoms with Crippen molar-refractivity contribution in [1.29, 1.82) is 0 Å². The number of ether oxygens (including phenoxy) is 1. The van der Waals surface area contributed by atoms with Gasteiger partial charge in [0.15, 0.2) is 6.29 Å². The topological polar surface area (TPSA) is 69.4 Å². The highest BCUT2D eigenvalue weighted by Crippen LogP contribution is 2.35. The van der Waals surface area contributed by atoms with Gasteiger partial charge in [-0.2, -0.15) is 13.2 Å². The van der Waals surface area contributed by atoms with Crippen molar-refractivity contribution in [2.45, 2.75) is 6.18 Å². The van der Waals surface area contributed by atoms with E-state index in [9.17, 15) is 22.8 Å². The number of alkyl halides is 3. The van der Waals surface area contributed by atoms with Gasteiger partial charge in [-0.05, 0) is 12.1 Å². The molecule has 0 aliphatic rings. The van der Waals surface area contributed by atoms with Gasteiger partial charge in [-0.3, -0.25) is 9.59 Å². The number of aldehydes is 1. The standard InChI is InChI=1S/C10H8F3NO3/c1-17-8-3-6(9(14)16)7(10(11,12)13)2-5(8)4-15/h2-4H,1H3,(H2,14,16). The number of amides is 1. The molecule has 1 aromatic rings. The van der Waals surface area contributed by atoms with Crippen LogP contribution < -0.4 is 10.5 Å². The minimum atomic E-state index is -4.77. The predicted octanol–water partition coefficient (Wildman–Crippen LogP) is 1.63. The summed E-state index contributed by atoms with van der Waals surface area (Å²) in [7, 11) is 1.17. The summed E-state index contributed by atoms with van der Waals surface area (Å²) < 4.78 is 42.5. The molecule has 7 heteroatoms. The number of rotatable bonds is 3. The Labute approximate surface area is 94.2 Å². The highest BCUT2D eigenvalue weighted by molar-refractivity contribution is 5.96. The summed E-state index contributed by atoms with van der Waals surface area (Å²) in [5.41, 5.74) is 2.55. The second-order valence-electron chi connectivity index (χ2n) is 3.12. The van der Waals surface area contributed by atoms with E-state index in [-0.39, 0.29) is 17.6 Å². The number of halogens is 3. The van der Waals surface area contributed by atoms with Gasteiger partial charge in [0.25, 0.3) is 0 Å². The lowest BCUT2D eigenvalue weighted by Crippen LogP contribution is -2.19. The Morgan fingerprint density at radius 1 is 1.41 bits per heavy atom. The summed E-state index contributed by atoms with van der Waals surface area (Å²) in [5, 5.41) is 0. The summed E-state index contributed by atoms with van der Waals surface area (Å²) in [6.07, 6.45) is -4.56. The van der Waals surface area contributed by atoms with Crippen LogP contribution in [0.5, 0.6) is 5.75 Å². The molecule has 0 unspecified atom stereocenters. The summed E-state index contributed by atoms with van der Waals surface area (Å²) in [4.78, 5) is 21.5. The van der Waals surface area contributed by atoms with Crippen LogP contribution in [0.15, 0.2) is 12.1 Å². The van der Waals surface area contributed by atoms with E-state index in [2.05, 4.69) is 4.74 Å². The van der Waals surface area contributed by atoms with Gasteiger partial charge in [0.2, 0.25) is 5.91 Å². The number of methoxy groups -OCH3 is 1. The number of nitrogens with two attached hydrogens (primary N) is 1. The van der Waals surface area contributed by atoms with Crippen molar-refractivity contribution in [3.8, 4) is 5.75 Å². The first kappa shape index (κ1) is 13.0. The van der Waals surface area contributed by atoms with E-state index in [1.807, 2.05) is 0 Å². The number of hydrogen-bond donors (Lipinski definition) is 1. The fourth-order valence-electron chi connectivity index (χ4n) is 1.30. The predicted molar refractivity (Wildman–Crippen MR) is 51.9 cm³/mol. The maximum absolute atomic E-state index is 12.6. The minimum Gasteiger partial charge on any atom is -0.496 e. The van der Waals surface area contributed by atoms with Crippen LogP contribution in [0, 0.1) is 0 Å². The van der Waals surface area contributed by atoms with Crippen molar-refractivity contribution >= 4 is 12.2 Å². The number of primary amides is 1. The lowest BCUT2D eigenvalue weighted by Gasteiger charge is -2.13. The van der Waals surface area contributed by atoms with Crippen molar-refractivity contribution in [3.63, 3.8) is 0 Å². The van der Waals surface area contributed by atoms with Crippen molar-refractivity contribution in [3.05, 3.63) is 28.8 Å². The van der Waals surface area contributed by atoms with Gasteiger partial charge in [-0.1, -0.05) is 0 Å². The van der Waals surface area contributed by atoms with Gasteiger partial charge >= 0.3 is 6.18 Å². The van der Waals surface area contributed by atoms with Crippen LogP contribution in [0.4, 0.5) is 13.2 Å². The van der Waals surface area contributed by atoms with Crippen LogP contribution >= 0.6 is 0 Å². The Bertz CT molecular complexity index is 469. The Balaban J connectivity index is 3.57.